The molecule has 33 heavy (non-hydrogen) atoms. The fourth-order valence-electron chi connectivity index (χ4n) is 5.29. The first-order valence-corrected chi connectivity index (χ1v) is 11.8. The second-order valence-corrected chi connectivity index (χ2v) is 9.33. The van der Waals surface area contributed by atoms with Crippen molar-refractivity contribution in [2.24, 2.45) is 5.92 Å². The minimum atomic E-state index is -0.330. The molecule has 2 saturated heterocycles. The number of hydrogen-bond donors (Lipinski definition) is 0. The Hall–Kier alpha value is -3.23. The predicted molar refractivity (Wildman–Crippen MR) is 120 cm³/mol. The van der Waals surface area contributed by atoms with Crippen molar-refractivity contribution in [3.8, 4) is 0 Å². The van der Waals surface area contributed by atoms with Crippen LogP contribution < -0.4 is 4.90 Å². The van der Waals surface area contributed by atoms with Gasteiger partial charge < -0.3 is 9.80 Å². The first kappa shape index (κ1) is 21.6. The summed E-state index contributed by atoms with van der Waals surface area (Å²) < 4.78 is 4.71. The van der Waals surface area contributed by atoms with Gasteiger partial charge in [-0.25, -0.2) is 4.63 Å². The van der Waals surface area contributed by atoms with Gasteiger partial charge in [0.25, 0.3) is 11.8 Å². The molecule has 0 N–H and O–H groups in total. The lowest BCUT2D eigenvalue weighted by Gasteiger charge is -2.39. The van der Waals surface area contributed by atoms with Crippen molar-refractivity contribution in [3.05, 3.63) is 40.7 Å². The Bertz CT molecular complexity index is 1090. The topological polar surface area (TPSA) is 99.8 Å². The molecule has 5 rings (SSSR count). The number of rotatable bonds is 4. The van der Waals surface area contributed by atoms with Crippen molar-refractivity contribution in [2.45, 2.75) is 58.5 Å². The molecule has 1 aromatic carbocycles. The number of anilines is 1. The second-order valence-electron chi connectivity index (χ2n) is 9.33. The highest BCUT2D eigenvalue weighted by Crippen LogP contribution is 2.35. The van der Waals surface area contributed by atoms with E-state index < -0.39 is 0 Å². The number of hydrogen-bond acceptors (Lipinski definition) is 7. The summed E-state index contributed by atoms with van der Waals surface area (Å²) in [5.74, 6) is -0.360. The van der Waals surface area contributed by atoms with Gasteiger partial charge in [-0.3, -0.25) is 19.3 Å². The van der Waals surface area contributed by atoms with Gasteiger partial charge in [0.1, 0.15) is 11.4 Å². The second kappa shape index (κ2) is 8.61. The van der Waals surface area contributed by atoms with Crippen LogP contribution in [0.25, 0.3) is 0 Å². The maximum Gasteiger partial charge on any atom is 0.264 e. The van der Waals surface area contributed by atoms with Crippen LogP contribution in [0.3, 0.4) is 0 Å². The van der Waals surface area contributed by atoms with Gasteiger partial charge in [0, 0.05) is 31.6 Å². The summed E-state index contributed by atoms with van der Waals surface area (Å²) in [5.41, 5.74) is 2.64. The van der Waals surface area contributed by atoms with E-state index in [1.807, 2.05) is 12.1 Å². The molecular weight excluding hydrogens is 422 g/mol. The zero-order chi connectivity index (χ0) is 23.1. The molecule has 1 aromatic heterocycles. The molecular formula is C24H29N5O4. The fraction of sp³-hybridized carbons (Fsp3) is 0.542. The molecule has 174 valence electrons. The lowest BCUT2D eigenvalue weighted by atomic mass is 9.92. The summed E-state index contributed by atoms with van der Waals surface area (Å²) in [4.78, 5) is 44.7. The zero-order valence-corrected chi connectivity index (χ0v) is 19.1. The quantitative estimate of drug-likeness (QED) is 0.659. The molecule has 3 aliphatic rings. The number of piperidine rings is 2. The number of aryl methyl sites for hydroxylation is 1. The molecule has 0 unspecified atom stereocenters. The number of aromatic nitrogens is 2. The van der Waals surface area contributed by atoms with Crippen molar-refractivity contribution in [1.82, 2.24) is 20.1 Å². The van der Waals surface area contributed by atoms with Crippen LogP contribution in [0.15, 0.2) is 22.8 Å². The molecule has 1 atom stereocenters. The summed E-state index contributed by atoms with van der Waals surface area (Å²) in [6.45, 7) is 6.13. The maximum atomic E-state index is 13.3. The molecule has 3 aliphatic heterocycles. The van der Waals surface area contributed by atoms with Gasteiger partial charge in [-0.1, -0.05) is 16.4 Å². The van der Waals surface area contributed by atoms with E-state index in [0.717, 1.165) is 37.9 Å². The minimum absolute atomic E-state index is 0.0232. The van der Waals surface area contributed by atoms with Gasteiger partial charge in [-0.15, -0.1) is 0 Å². The van der Waals surface area contributed by atoms with Crippen LogP contribution in [0.4, 0.5) is 5.69 Å². The smallest absolute Gasteiger partial charge is 0.264 e. The van der Waals surface area contributed by atoms with Crippen LogP contribution >= 0.6 is 0 Å². The summed E-state index contributed by atoms with van der Waals surface area (Å²) in [6, 6.07) is 5.73. The van der Waals surface area contributed by atoms with Gasteiger partial charge in [0.15, 0.2) is 0 Å². The van der Waals surface area contributed by atoms with Crippen molar-refractivity contribution in [1.29, 1.82) is 0 Å². The van der Waals surface area contributed by atoms with E-state index in [1.165, 1.54) is 11.3 Å². The van der Waals surface area contributed by atoms with E-state index in [1.54, 1.807) is 13.0 Å². The normalized spacial score (nSPS) is 21.6. The van der Waals surface area contributed by atoms with Gasteiger partial charge in [0.05, 0.1) is 23.4 Å². The first-order valence-electron chi connectivity index (χ1n) is 11.8. The van der Waals surface area contributed by atoms with Gasteiger partial charge in [-0.05, 0) is 58.1 Å². The van der Waals surface area contributed by atoms with Gasteiger partial charge >= 0.3 is 0 Å². The first-order chi connectivity index (χ1) is 16.0. The molecule has 2 aromatic rings. The number of imide groups is 1. The van der Waals surface area contributed by atoms with Crippen LogP contribution in [0.2, 0.25) is 0 Å². The van der Waals surface area contributed by atoms with E-state index in [0.29, 0.717) is 41.6 Å². The van der Waals surface area contributed by atoms with E-state index in [-0.39, 0.29) is 30.2 Å². The Labute approximate surface area is 192 Å². The van der Waals surface area contributed by atoms with Gasteiger partial charge in [-0.2, -0.15) is 0 Å². The summed E-state index contributed by atoms with van der Waals surface area (Å²) in [7, 11) is 0. The molecule has 9 heteroatoms. The van der Waals surface area contributed by atoms with Crippen LogP contribution in [0.5, 0.6) is 0 Å². The Morgan fingerprint density at radius 1 is 1.06 bits per heavy atom. The highest BCUT2D eigenvalue weighted by Gasteiger charge is 2.40. The third-order valence-corrected chi connectivity index (χ3v) is 7.30. The number of likely N-dealkylation sites (tertiary alicyclic amines) is 1. The number of carbonyl (C=O) groups excluding carboxylic acids is 3. The average Bonchev–Trinajstić information content (AvgIpc) is 3.35. The molecule has 0 bridgehead atoms. The molecule has 0 spiro atoms. The van der Waals surface area contributed by atoms with Gasteiger partial charge in [0.2, 0.25) is 5.91 Å². The lowest BCUT2D eigenvalue weighted by Crippen LogP contribution is -2.48. The number of amides is 3. The molecule has 4 heterocycles. The van der Waals surface area contributed by atoms with E-state index in [2.05, 4.69) is 27.0 Å². The highest BCUT2D eigenvalue weighted by molar-refractivity contribution is 6.23. The minimum Gasteiger partial charge on any atom is -0.371 e. The van der Waals surface area contributed by atoms with E-state index in [4.69, 9.17) is 4.63 Å². The van der Waals surface area contributed by atoms with Crippen molar-refractivity contribution in [2.75, 3.05) is 24.5 Å². The number of carbonyl (C=O) groups is 3. The van der Waals surface area contributed by atoms with Crippen LogP contribution in [-0.4, -0.2) is 63.5 Å². The van der Waals surface area contributed by atoms with Crippen LogP contribution in [-0.2, 0) is 11.3 Å². The Kier molecular flexibility index (Phi) is 5.64. The average molecular weight is 452 g/mol. The lowest BCUT2D eigenvalue weighted by molar-refractivity contribution is -0.139. The molecule has 0 saturated carbocycles. The Balaban J connectivity index is 1.31. The third kappa shape index (κ3) is 3.79. The maximum absolute atomic E-state index is 13.3. The van der Waals surface area contributed by atoms with E-state index in [9.17, 15) is 14.4 Å². The SMILES string of the molecule is Cc1nonc1CN1C(=O)c2cccc(N3CCC(C(=O)N4CCCC[C@@H]4C)CC3)c2C1=O. The summed E-state index contributed by atoms with van der Waals surface area (Å²) in [5, 5.41) is 7.55. The molecule has 9 nitrogen and oxygen atoms in total. The highest BCUT2D eigenvalue weighted by atomic mass is 16.6. The van der Waals surface area contributed by atoms with Crippen LogP contribution in [0.1, 0.15) is 71.1 Å². The predicted octanol–water partition coefficient (Wildman–Crippen LogP) is 2.79. The molecule has 0 radical (unpaired) electrons. The van der Waals surface area contributed by atoms with E-state index >= 15 is 0 Å². The summed E-state index contributed by atoms with van der Waals surface area (Å²) >= 11 is 0. The number of benzene rings is 1. The Morgan fingerprint density at radius 2 is 1.85 bits per heavy atom. The zero-order valence-electron chi connectivity index (χ0n) is 19.1. The monoisotopic (exact) mass is 451 g/mol. The summed E-state index contributed by atoms with van der Waals surface area (Å²) in [6.07, 6.45) is 4.86. The van der Waals surface area contributed by atoms with Crippen LogP contribution in [0, 0.1) is 12.8 Å². The number of nitrogens with zero attached hydrogens (tertiary/aromatic N) is 5. The molecule has 3 amide bonds. The molecule has 0 aliphatic carbocycles. The van der Waals surface area contributed by atoms with Crippen molar-refractivity contribution in [3.63, 3.8) is 0 Å². The fourth-order valence-corrected chi connectivity index (χ4v) is 5.29. The largest absolute Gasteiger partial charge is 0.371 e. The van der Waals surface area contributed by atoms with Crippen molar-refractivity contribution >= 4 is 23.4 Å². The third-order valence-electron chi connectivity index (χ3n) is 7.30. The van der Waals surface area contributed by atoms with Crippen molar-refractivity contribution < 1.29 is 19.0 Å². The Morgan fingerprint density at radius 3 is 2.55 bits per heavy atom. The number of fused-ring (bicyclic) bond motifs is 1. The molecule has 2 fully saturated rings. The standard InChI is InChI=1S/C24H29N5O4/c1-15-6-3-4-11-28(15)22(30)17-9-12-27(13-10-17)20-8-5-7-18-21(20)24(32)29(23(18)31)14-19-16(2)25-33-26-19/h5,7-8,15,17H,3-4,6,9-14H2,1-2H3/t15-/m0/s1.